The second kappa shape index (κ2) is 9.57. The van der Waals surface area contributed by atoms with Crippen LogP contribution >= 0.6 is 0 Å². The summed E-state index contributed by atoms with van der Waals surface area (Å²) in [6.07, 6.45) is 2.55. The average Bonchev–Trinajstić information content (AvgIpc) is 2.90. The number of benzene rings is 4. The lowest BCUT2D eigenvalue weighted by molar-refractivity contribution is 0.102. The zero-order valence-corrected chi connectivity index (χ0v) is 19.0. The van der Waals surface area contributed by atoms with Gasteiger partial charge >= 0.3 is 0 Å². The van der Waals surface area contributed by atoms with Gasteiger partial charge in [0.15, 0.2) is 0 Å². The molecular weight excluding hydrogens is 436 g/mol. The van der Waals surface area contributed by atoms with Gasteiger partial charge in [0.25, 0.3) is 5.91 Å². The molecule has 0 aliphatic rings. The summed E-state index contributed by atoms with van der Waals surface area (Å²) in [5.74, 6) is 0.212. The third-order valence-corrected chi connectivity index (χ3v) is 5.75. The van der Waals surface area contributed by atoms with E-state index in [0.29, 0.717) is 22.8 Å². The van der Waals surface area contributed by atoms with E-state index in [4.69, 9.17) is 4.98 Å². The summed E-state index contributed by atoms with van der Waals surface area (Å²) in [5.41, 5.74) is 6.31. The minimum atomic E-state index is -0.253. The number of anilines is 3. The van der Waals surface area contributed by atoms with Gasteiger partial charge in [0.2, 0.25) is 5.95 Å². The third-order valence-electron chi connectivity index (χ3n) is 5.75. The first-order valence-corrected chi connectivity index (χ1v) is 11.2. The maximum Gasteiger partial charge on any atom is 0.255 e. The molecule has 6 nitrogen and oxygen atoms in total. The maximum atomic E-state index is 12.7. The average molecular weight is 459 g/mol. The Morgan fingerprint density at radius 3 is 2.46 bits per heavy atom. The van der Waals surface area contributed by atoms with Crippen molar-refractivity contribution in [2.24, 2.45) is 0 Å². The predicted octanol–water partition coefficient (Wildman–Crippen LogP) is 6.41. The molecule has 0 fully saturated rings. The number of nitrogens with one attached hydrogen (secondary N) is 2. The van der Waals surface area contributed by atoms with Crippen LogP contribution in [-0.4, -0.2) is 22.2 Å². The Balaban J connectivity index is 1.41. The van der Waals surface area contributed by atoms with Crippen molar-refractivity contribution in [3.63, 3.8) is 0 Å². The number of hydrogen-bond donors (Lipinski definition) is 2. The first-order chi connectivity index (χ1) is 17.1. The van der Waals surface area contributed by atoms with E-state index in [-0.39, 0.29) is 5.91 Å². The third kappa shape index (κ3) is 4.77. The van der Waals surface area contributed by atoms with Crippen LogP contribution in [0.2, 0.25) is 0 Å². The quantitative estimate of drug-likeness (QED) is 0.287. The van der Waals surface area contributed by atoms with Crippen molar-refractivity contribution in [1.29, 1.82) is 0 Å². The number of aldehydes is 1. The Bertz CT molecular complexity index is 1530. The summed E-state index contributed by atoms with van der Waals surface area (Å²) in [6.45, 7) is 1.92. The molecule has 4 aromatic carbocycles. The van der Waals surface area contributed by atoms with Gasteiger partial charge in [-0.05, 0) is 42.3 Å². The molecule has 35 heavy (non-hydrogen) atoms. The molecule has 6 heteroatoms. The van der Waals surface area contributed by atoms with Crippen molar-refractivity contribution in [3.05, 3.63) is 114 Å². The monoisotopic (exact) mass is 458 g/mol. The van der Waals surface area contributed by atoms with Crippen LogP contribution in [-0.2, 0) is 0 Å². The van der Waals surface area contributed by atoms with E-state index in [1.54, 1.807) is 30.5 Å². The fourth-order valence-corrected chi connectivity index (χ4v) is 3.84. The van der Waals surface area contributed by atoms with Crippen LogP contribution in [0.3, 0.4) is 0 Å². The summed E-state index contributed by atoms with van der Waals surface area (Å²) >= 11 is 0. The molecule has 0 radical (unpaired) electrons. The van der Waals surface area contributed by atoms with E-state index in [1.165, 1.54) is 0 Å². The summed E-state index contributed by atoms with van der Waals surface area (Å²) < 4.78 is 0. The van der Waals surface area contributed by atoms with Gasteiger partial charge < -0.3 is 10.6 Å². The van der Waals surface area contributed by atoms with Crippen molar-refractivity contribution in [3.8, 4) is 11.1 Å². The summed E-state index contributed by atoms with van der Waals surface area (Å²) in [6, 6.07) is 28.4. The van der Waals surface area contributed by atoms with Crippen LogP contribution in [0.1, 0.15) is 26.3 Å². The molecule has 1 amide bonds. The lowest BCUT2D eigenvalue weighted by Crippen LogP contribution is -2.13. The fourth-order valence-electron chi connectivity index (χ4n) is 3.84. The van der Waals surface area contributed by atoms with Crippen molar-refractivity contribution in [1.82, 2.24) is 9.97 Å². The molecule has 1 aromatic heterocycles. The molecule has 2 N–H and O–H groups in total. The number of aryl methyl sites for hydroxylation is 1. The molecule has 170 valence electrons. The number of rotatable bonds is 6. The Kier molecular flexibility index (Phi) is 6.01. The maximum absolute atomic E-state index is 12.7. The van der Waals surface area contributed by atoms with Crippen LogP contribution in [0.5, 0.6) is 0 Å². The number of aromatic nitrogens is 2. The Labute approximate surface area is 202 Å². The second-order valence-corrected chi connectivity index (χ2v) is 8.15. The second-order valence-electron chi connectivity index (χ2n) is 8.15. The minimum Gasteiger partial charge on any atom is -0.324 e. The number of para-hydroxylation sites is 1. The predicted molar refractivity (Wildman–Crippen MR) is 139 cm³/mol. The lowest BCUT2D eigenvalue weighted by atomic mass is 10.0. The van der Waals surface area contributed by atoms with Crippen molar-refractivity contribution >= 4 is 40.4 Å². The summed E-state index contributed by atoms with van der Waals surface area (Å²) in [4.78, 5) is 32.8. The first kappa shape index (κ1) is 22.0. The van der Waals surface area contributed by atoms with Gasteiger partial charge in [0.05, 0.1) is 5.52 Å². The zero-order valence-electron chi connectivity index (χ0n) is 19.0. The largest absolute Gasteiger partial charge is 0.324 e. The number of nitrogens with zero attached hydrogens (tertiary/aromatic N) is 2. The van der Waals surface area contributed by atoms with Gasteiger partial charge in [0, 0.05) is 39.6 Å². The van der Waals surface area contributed by atoms with E-state index in [9.17, 15) is 9.59 Å². The fraction of sp³-hybridized carbons (Fsp3) is 0.0345. The molecule has 5 aromatic rings. The Hall–Kier alpha value is -4.84. The smallest absolute Gasteiger partial charge is 0.255 e. The summed E-state index contributed by atoms with van der Waals surface area (Å²) in [7, 11) is 0. The Morgan fingerprint density at radius 1 is 0.886 bits per heavy atom. The lowest BCUT2D eigenvalue weighted by Gasteiger charge is -2.12. The molecule has 0 aliphatic carbocycles. The topological polar surface area (TPSA) is 84.0 Å². The molecule has 0 aliphatic heterocycles. The zero-order chi connectivity index (χ0) is 24.2. The highest BCUT2D eigenvalue weighted by Crippen LogP contribution is 2.29. The van der Waals surface area contributed by atoms with E-state index >= 15 is 0 Å². The highest BCUT2D eigenvalue weighted by molar-refractivity contribution is 6.05. The number of hydrogen-bond acceptors (Lipinski definition) is 5. The number of amides is 1. The molecule has 0 spiro atoms. The number of fused-ring (bicyclic) bond motifs is 1. The van der Waals surface area contributed by atoms with Crippen molar-refractivity contribution < 1.29 is 9.59 Å². The molecule has 0 saturated carbocycles. The molecule has 0 atom stereocenters. The highest BCUT2D eigenvalue weighted by atomic mass is 16.1. The highest BCUT2D eigenvalue weighted by Gasteiger charge is 2.11. The van der Waals surface area contributed by atoms with Gasteiger partial charge in [-0.2, -0.15) is 0 Å². The SMILES string of the molecule is Cc1ccc(Nc2ncc3cccc(-c4ccccc4)c3n2)cc1NC(=O)c1ccc(C=O)cc1. The first-order valence-electron chi connectivity index (χ1n) is 11.2. The molecule has 0 bridgehead atoms. The van der Waals surface area contributed by atoms with Crippen molar-refractivity contribution in [2.75, 3.05) is 10.6 Å². The van der Waals surface area contributed by atoms with Gasteiger partial charge in [-0.15, -0.1) is 0 Å². The standard InChI is InChI=1S/C29H22N4O2/c1-19-10-15-24(16-26(19)32-28(35)22-13-11-20(18-34)12-14-22)31-29-30-17-23-8-5-9-25(27(23)33-29)21-6-3-2-4-7-21/h2-18H,1H3,(H,32,35)(H,30,31,33). The molecule has 0 saturated heterocycles. The van der Waals surface area contributed by atoms with Crippen LogP contribution in [0, 0.1) is 6.92 Å². The molecule has 1 heterocycles. The normalized spacial score (nSPS) is 10.7. The van der Waals surface area contributed by atoms with E-state index in [0.717, 1.165) is 39.6 Å². The molecule has 0 unspecified atom stereocenters. The van der Waals surface area contributed by atoms with Crippen LogP contribution in [0.15, 0.2) is 97.2 Å². The van der Waals surface area contributed by atoms with Gasteiger partial charge in [-0.3, -0.25) is 9.59 Å². The number of carbonyl (C=O) groups excluding carboxylic acids is 2. The van der Waals surface area contributed by atoms with Crippen LogP contribution in [0.4, 0.5) is 17.3 Å². The number of carbonyl (C=O) groups is 2. The molecular formula is C29H22N4O2. The van der Waals surface area contributed by atoms with E-state index in [1.807, 2.05) is 55.5 Å². The Morgan fingerprint density at radius 2 is 1.69 bits per heavy atom. The summed E-state index contributed by atoms with van der Waals surface area (Å²) in [5, 5.41) is 7.15. The van der Waals surface area contributed by atoms with Gasteiger partial charge in [-0.1, -0.05) is 66.7 Å². The van der Waals surface area contributed by atoms with E-state index in [2.05, 4.69) is 33.8 Å². The van der Waals surface area contributed by atoms with Crippen LogP contribution < -0.4 is 10.6 Å². The van der Waals surface area contributed by atoms with Crippen LogP contribution in [0.25, 0.3) is 22.0 Å². The van der Waals surface area contributed by atoms with E-state index < -0.39 is 0 Å². The minimum absolute atomic E-state index is 0.253. The molecule has 5 rings (SSSR count). The van der Waals surface area contributed by atoms with Gasteiger partial charge in [-0.25, -0.2) is 9.97 Å². The van der Waals surface area contributed by atoms with Gasteiger partial charge in [0.1, 0.15) is 6.29 Å². The van der Waals surface area contributed by atoms with Crippen molar-refractivity contribution in [2.45, 2.75) is 6.92 Å².